The molecule has 0 aliphatic carbocycles. The Morgan fingerprint density at radius 2 is 2.35 bits per heavy atom. The normalized spacial score (nSPS) is 12.4. The van der Waals surface area contributed by atoms with E-state index in [0.717, 1.165) is 11.4 Å². The molecule has 1 heterocycles. The van der Waals surface area contributed by atoms with Crippen molar-refractivity contribution in [1.82, 2.24) is 9.97 Å². The zero-order valence-electron chi connectivity index (χ0n) is 9.48. The number of hydrogen-bond donors (Lipinski definition) is 2. The van der Waals surface area contributed by atoms with Gasteiger partial charge in [0.25, 0.3) is 0 Å². The first kappa shape index (κ1) is 11.6. The number of benzene rings is 1. The summed E-state index contributed by atoms with van der Waals surface area (Å²) in [6.45, 7) is 0.360. The maximum Gasteiger partial charge on any atom is 0.165 e. The van der Waals surface area contributed by atoms with E-state index in [1.165, 1.54) is 13.2 Å². The molecule has 17 heavy (non-hydrogen) atoms. The molecule has 0 amide bonds. The van der Waals surface area contributed by atoms with Crippen molar-refractivity contribution in [1.29, 1.82) is 0 Å². The van der Waals surface area contributed by atoms with E-state index in [4.69, 9.17) is 10.5 Å². The van der Waals surface area contributed by atoms with Crippen LogP contribution < -0.4 is 10.5 Å². The third kappa shape index (κ3) is 2.29. The molecule has 0 saturated carbocycles. The SMILES string of the molecule is COc1ccc(C(CN)c2ncc[nH]2)cc1F. The number of nitrogens with one attached hydrogen (secondary N) is 1. The number of aromatic nitrogens is 2. The van der Waals surface area contributed by atoms with Crippen LogP contribution in [0.1, 0.15) is 17.3 Å². The molecular formula is C12H14FN3O. The summed E-state index contributed by atoms with van der Waals surface area (Å²) in [7, 11) is 1.44. The van der Waals surface area contributed by atoms with E-state index in [9.17, 15) is 4.39 Å². The van der Waals surface area contributed by atoms with Crippen molar-refractivity contribution in [3.63, 3.8) is 0 Å². The van der Waals surface area contributed by atoms with Crippen LogP contribution in [0.3, 0.4) is 0 Å². The van der Waals surface area contributed by atoms with Gasteiger partial charge in [-0.15, -0.1) is 0 Å². The molecule has 1 aromatic heterocycles. The highest BCUT2D eigenvalue weighted by molar-refractivity contribution is 5.34. The van der Waals surface area contributed by atoms with E-state index in [0.29, 0.717) is 6.54 Å². The predicted molar refractivity (Wildman–Crippen MR) is 62.4 cm³/mol. The number of methoxy groups -OCH3 is 1. The van der Waals surface area contributed by atoms with Gasteiger partial charge in [-0.3, -0.25) is 0 Å². The number of nitrogens with two attached hydrogens (primary N) is 1. The monoisotopic (exact) mass is 235 g/mol. The van der Waals surface area contributed by atoms with Gasteiger partial charge in [-0.2, -0.15) is 0 Å². The molecule has 1 aromatic carbocycles. The second kappa shape index (κ2) is 4.97. The Labute approximate surface area is 98.6 Å². The number of aromatic amines is 1. The second-order valence-electron chi connectivity index (χ2n) is 3.66. The Morgan fingerprint density at radius 1 is 1.53 bits per heavy atom. The first-order chi connectivity index (χ1) is 8.26. The van der Waals surface area contributed by atoms with Crippen molar-refractivity contribution in [2.45, 2.75) is 5.92 Å². The summed E-state index contributed by atoms with van der Waals surface area (Å²) >= 11 is 0. The zero-order chi connectivity index (χ0) is 12.3. The standard InChI is InChI=1S/C12H14FN3O/c1-17-11-3-2-8(6-10(11)13)9(7-14)12-15-4-5-16-12/h2-6,9H,7,14H2,1H3,(H,15,16). The summed E-state index contributed by atoms with van der Waals surface area (Å²) in [5.41, 5.74) is 6.48. The van der Waals surface area contributed by atoms with Crippen molar-refractivity contribution in [2.75, 3.05) is 13.7 Å². The smallest absolute Gasteiger partial charge is 0.165 e. The lowest BCUT2D eigenvalue weighted by molar-refractivity contribution is 0.386. The molecule has 2 rings (SSSR count). The second-order valence-corrected chi connectivity index (χ2v) is 3.66. The van der Waals surface area contributed by atoms with Crippen molar-refractivity contribution >= 4 is 0 Å². The third-order valence-corrected chi connectivity index (χ3v) is 2.66. The van der Waals surface area contributed by atoms with E-state index in [1.54, 1.807) is 24.5 Å². The van der Waals surface area contributed by atoms with Crippen LogP contribution in [0, 0.1) is 5.82 Å². The van der Waals surface area contributed by atoms with Crippen LogP contribution >= 0.6 is 0 Å². The van der Waals surface area contributed by atoms with Gasteiger partial charge < -0.3 is 15.5 Å². The predicted octanol–water partition coefficient (Wildman–Crippen LogP) is 1.65. The summed E-state index contributed by atoms with van der Waals surface area (Å²) in [5, 5.41) is 0. The topological polar surface area (TPSA) is 63.9 Å². The van der Waals surface area contributed by atoms with Crippen LogP contribution in [0.15, 0.2) is 30.6 Å². The van der Waals surface area contributed by atoms with Gasteiger partial charge in [0, 0.05) is 18.9 Å². The van der Waals surface area contributed by atoms with Gasteiger partial charge in [0.2, 0.25) is 0 Å². The van der Waals surface area contributed by atoms with Crippen LogP contribution in [0.5, 0.6) is 5.75 Å². The molecule has 0 spiro atoms. The molecule has 0 bridgehead atoms. The molecular weight excluding hydrogens is 221 g/mol. The minimum atomic E-state index is -0.394. The molecule has 1 atom stereocenters. The van der Waals surface area contributed by atoms with Gasteiger partial charge in [-0.1, -0.05) is 6.07 Å². The highest BCUT2D eigenvalue weighted by Crippen LogP contribution is 2.25. The van der Waals surface area contributed by atoms with Gasteiger partial charge in [0.15, 0.2) is 11.6 Å². The average Bonchev–Trinajstić information content (AvgIpc) is 2.84. The first-order valence-corrected chi connectivity index (χ1v) is 5.29. The lowest BCUT2D eigenvalue weighted by Gasteiger charge is -2.13. The molecule has 2 aromatic rings. The quantitative estimate of drug-likeness (QED) is 0.846. The van der Waals surface area contributed by atoms with Gasteiger partial charge >= 0.3 is 0 Å². The minimum absolute atomic E-state index is 0.134. The van der Waals surface area contributed by atoms with Crippen molar-refractivity contribution < 1.29 is 9.13 Å². The molecule has 0 aliphatic rings. The minimum Gasteiger partial charge on any atom is -0.494 e. The fraction of sp³-hybridized carbons (Fsp3) is 0.250. The molecule has 0 radical (unpaired) electrons. The Balaban J connectivity index is 2.35. The summed E-state index contributed by atoms with van der Waals surface area (Å²) in [6, 6.07) is 4.82. The fourth-order valence-electron chi connectivity index (χ4n) is 1.77. The van der Waals surface area contributed by atoms with E-state index >= 15 is 0 Å². The number of nitrogens with zero attached hydrogens (tertiary/aromatic N) is 1. The van der Waals surface area contributed by atoms with Crippen molar-refractivity contribution in [2.24, 2.45) is 5.73 Å². The molecule has 0 saturated heterocycles. The summed E-state index contributed by atoms with van der Waals surface area (Å²) < 4.78 is 18.5. The third-order valence-electron chi connectivity index (χ3n) is 2.66. The summed E-state index contributed by atoms with van der Waals surface area (Å²) in [4.78, 5) is 7.14. The number of ether oxygens (including phenoxy) is 1. The highest BCUT2D eigenvalue weighted by atomic mass is 19.1. The Morgan fingerprint density at radius 3 is 2.88 bits per heavy atom. The van der Waals surface area contributed by atoms with Gasteiger partial charge in [0.05, 0.1) is 13.0 Å². The Hall–Kier alpha value is -1.88. The maximum absolute atomic E-state index is 13.6. The number of H-pyrrole nitrogens is 1. The van der Waals surface area contributed by atoms with Crippen LogP contribution in [-0.4, -0.2) is 23.6 Å². The van der Waals surface area contributed by atoms with Gasteiger partial charge in [-0.05, 0) is 17.7 Å². The van der Waals surface area contributed by atoms with E-state index in [-0.39, 0.29) is 11.7 Å². The molecule has 0 aliphatic heterocycles. The van der Waals surface area contributed by atoms with E-state index < -0.39 is 5.82 Å². The van der Waals surface area contributed by atoms with Crippen molar-refractivity contribution in [3.05, 3.63) is 47.8 Å². The van der Waals surface area contributed by atoms with Gasteiger partial charge in [-0.25, -0.2) is 9.37 Å². The van der Waals surface area contributed by atoms with Crippen LogP contribution in [0.2, 0.25) is 0 Å². The van der Waals surface area contributed by atoms with Gasteiger partial charge in [0.1, 0.15) is 5.82 Å². The average molecular weight is 235 g/mol. The number of hydrogen-bond acceptors (Lipinski definition) is 3. The Bertz CT molecular complexity index is 485. The van der Waals surface area contributed by atoms with Crippen LogP contribution in [0.25, 0.3) is 0 Å². The van der Waals surface area contributed by atoms with Crippen molar-refractivity contribution in [3.8, 4) is 5.75 Å². The molecule has 3 N–H and O–H groups in total. The lowest BCUT2D eigenvalue weighted by atomic mass is 9.98. The fourth-order valence-corrected chi connectivity index (χ4v) is 1.77. The molecule has 1 unspecified atom stereocenters. The first-order valence-electron chi connectivity index (χ1n) is 5.29. The largest absolute Gasteiger partial charge is 0.494 e. The molecule has 5 heteroatoms. The number of imidazole rings is 1. The number of halogens is 1. The maximum atomic E-state index is 13.6. The lowest BCUT2D eigenvalue weighted by Crippen LogP contribution is -2.15. The molecule has 0 fully saturated rings. The van der Waals surface area contributed by atoms with E-state index in [2.05, 4.69) is 9.97 Å². The molecule has 90 valence electrons. The van der Waals surface area contributed by atoms with Crippen LogP contribution in [0.4, 0.5) is 4.39 Å². The Kier molecular flexibility index (Phi) is 3.39. The van der Waals surface area contributed by atoms with E-state index in [1.807, 2.05) is 0 Å². The van der Waals surface area contributed by atoms with Crippen LogP contribution in [-0.2, 0) is 0 Å². The molecule has 4 nitrogen and oxygen atoms in total. The zero-order valence-corrected chi connectivity index (χ0v) is 9.48. The number of rotatable bonds is 4. The highest BCUT2D eigenvalue weighted by Gasteiger charge is 2.16. The summed E-state index contributed by atoms with van der Waals surface area (Å²) in [5.74, 6) is 0.432. The summed E-state index contributed by atoms with van der Waals surface area (Å²) in [6.07, 6.45) is 3.37.